The Morgan fingerprint density at radius 3 is 2.45 bits per heavy atom. The molecule has 2 aromatic heterocycles. The lowest BCUT2D eigenvalue weighted by Crippen LogP contribution is -2.12. The van der Waals surface area contributed by atoms with E-state index in [1.165, 1.54) is 0 Å². The minimum atomic E-state index is -0.209. The fourth-order valence-electron chi connectivity index (χ4n) is 3.48. The van der Waals surface area contributed by atoms with Crippen molar-refractivity contribution in [2.75, 3.05) is 10.6 Å². The molecule has 0 spiro atoms. The first kappa shape index (κ1) is 20.2. The molecule has 5 aromatic rings. The van der Waals surface area contributed by atoms with Crippen LogP contribution in [0.4, 0.5) is 17.1 Å². The average Bonchev–Trinajstić information content (AvgIpc) is 2.85. The van der Waals surface area contributed by atoms with E-state index < -0.39 is 0 Å². The van der Waals surface area contributed by atoms with Crippen LogP contribution in [0.2, 0.25) is 0 Å². The lowest BCUT2D eigenvalue weighted by Gasteiger charge is -2.12. The van der Waals surface area contributed by atoms with Crippen LogP contribution in [0.25, 0.3) is 10.9 Å². The number of rotatable bonds is 6. The van der Waals surface area contributed by atoms with Gasteiger partial charge >= 0.3 is 0 Å². The normalized spacial score (nSPS) is 10.5. The number of hydrogen-bond donors (Lipinski definition) is 2. The Labute approximate surface area is 190 Å². The first-order valence-corrected chi connectivity index (χ1v) is 10.4. The van der Waals surface area contributed by atoms with Crippen molar-refractivity contribution in [1.82, 2.24) is 9.97 Å². The molecule has 0 atom stereocenters. The number of anilines is 3. The number of para-hydroxylation sites is 1. The van der Waals surface area contributed by atoms with Gasteiger partial charge in [-0.15, -0.1) is 0 Å². The summed E-state index contributed by atoms with van der Waals surface area (Å²) in [6.07, 6.45) is 5.09. The maximum Gasteiger partial charge on any atom is 0.255 e. The number of pyridine rings is 2. The number of aromatic nitrogens is 2. The number of benzene rings is 3. The van der Waals surface area contributed by atoms with Crippen molar-refractivity contribution in [1.29, 1.82) is 0 Å². The van der Waals surface area contributed by atoms with E-state index in [1.54, 1.807) is 42.9 Å². The van der Waals surface area contributed by atoms with Gasteiger partial charge in [0.1, 0.15) is 11.5 Å². The van der Waals surface area contributed by atoms with Crippen LogP contribution in [0.5, 0.6) is 11.5 Å². The van der Waals surface area contributed by atoms with Crippen molar-refractivity contribution in [3.63, 3.8) is 0 Å². The largest absolute Gasteiger partial charge is 0.457 e. The molecule has 6 nitrogen and oxygen atoms in total. The topological polar surface area (TPSA) is 76.1 Å². The molecule has 3 aromatic carbocycles. The first-order valence-electron chi connectivity index (χ1n) is 10.4. The molecule has 0 fully saturated rings. The number of carbonyl (C=O) groups is 1. The molecule has 2 N–H and O–H groups in total. The number of fused-ring (bicyclic) bond motifs is 1. The molecule has 0 saturated heterocycles. The summed E-state index contributed by atoms with van der Waals surface area (Å²) in [4.78, 5) is 21.3. The van der Waals surface area contributed by atoms with Crippen LogP contribution in [0.1, 0.15) is 10.4 Å². The molecule has 0 aliphatic rings. The van der Waals surface area contributed by atoms with Gasteiger partial charge < -0.3 is 15.4 Å². The van der Waals surface area contributed by atoms with Crippen molar-refractivity contribution < 1.29 is 9.53 Å². The second kappa shape index (κ2) is 9.20. The summed E-state index contributed by atoms with van der Waals surface area (Å²) in [5, 5.41) is 7.35. The van der Waals surface area contributed by atoms with Crippen molar-refractivity contribution in [2.45, 2.75) is 0 Å². The predicted octanol–water partition coefficient (Wildman–Crippen LogP) is 6.42. The fourth-order valence-corrected chi connectivity index (χ4v) is 3.48. The second-order valence-corrected chi connectivity index (χ2v) is 7.35. The molecule has 160 valence electrons. The van der Waals surface area contributed by atoms with Crippen LogP contribution < -0.4 is 15.4 Å². The molecule has 1 amide bonds. The zero-order valence-electron chi connectivity index (χ0n) is 17.6. The highest BCUT2D eigenvalue weighted by Crippen LogP contribution is 2.26. The van der Waals surface area contributed by atoms with E-state index in [1.807, 2.05) is 66.7 Å². The van der Waals surface area contributed by atoms with Gasteiger partial charge in [0.05, 0.1) is 5.52 Å². The molecule has 0 aliphatic heterocycles. The molecular weight excluding hydrogens is 412 g/mol. The minimum Gasteiger partial charge on any atom is -0.457 e. The summed E-state index contributed by atoms with van der Waals surface area (Å²) < 4.78 is 5.82. The summed E-state index contributed by atoms with van der Waals surface area (Å²) in [5.41, 5.74) is 3.84. The summed E-state index contributed by atoms with van der Waals surface area (Å²) in [5.74, 6) is 1.09. The van der Waals surface area contributed by atoms with E-state index in [0.29, 0.717) is 22.7 Å². The SMILES string of the molecule is O=C(Nc1cccc(Oc2ccncc2)c1)c1cccc(Nc2ccnc3ccccc23)c1. The Bertz CT molecular complexity index is 1420. The smallest absolute Gasteiger partial charge is 0.255 e. The number of nitrogens with one attached hydrogen (secondary N) is 2. The van der Waals surface area contributed by atoms with Gasteiger partial charge in [0.2, 0.25) is 0 Å². The highest BCUT2D eigenvalue weighted by molar-refractivity contribution is 6.05. The van der Waals surface area contributed by atoms with Gasteiger partial charge in [-0.3, -0.25) is 14.8 Å². The van der Waals surface area contributed by atoms with Gasteiger partial charge in [-0.05, 0) is 54.6 Å². The van der Waals surface area contributed by atoms with Crippen molar-refractivity contribution in [2.24, 2.45) is 0 Å². The van der Waals surface area contributed by atoms with Gasteiger partial charge in [-0.2, -0.15) is 0 Å². The van der Waals surface area contributed by atoms with Crippen LogP contribution in [0.3, 0.4) is 0 Å². The Morgan fingerprint density at radius 2 is 1.55 bits per heavy atom. The summed E-state index contributed by atoms with van der Waals surface area (Å²) in [7, 11) is 0. The number of amides is 1. The molecule has 6 heteroatoms. The standard InChI is InChI=1S/C27H20N4O2/c32-27(31-21-7-4-8-23(18-21)33-22-11-14-28-15-12-22)19-5-3-6-20(17-19)30-26-13-16-29-25-10-2-1-9-24(25)26/h1-18H,(H,29,30)(H,31,32). The highest BCUT2D eigenvalue weighted by atomic mass is 16.5. The number of ether oxygens (including phenoxy) is 1. The maximum absolute atomic E-state index is 12.9. The average molecular weight is 432 g/mol. The quantitative estimate of drug-likeness (QED) is 0.324. The van der Waals surface area contributed by atoms with Gasteiger partial charge in [0.25, 0.3) is 5.91 Å². The van der Waals surface area contributed by atoms with E-state index in [2.05, 4.69) is 20.6 Å². The van der Waals surface area contributed by atoms with Crippen LogP contribution in [-0.2, 0) is 0 Å². The van der Waals surface area contributed by atoms with Gasteiger partial charge in [0.15, 0.2) is 0 Å². The molecule has 0 saturated carbocycles. The van der Waals surface area contributed by atoms with E-state index in [4.69, 9.17) is 4.74 Å². The molecule has 0 bridgehead atoms. The molecular formula is C27H20N4O2. The molecule has 33 heavy (non-hydrogen) atoms. The maximum atomic E-state index is 12.9. The summed E-state index contributed by atoms with van der Waals surface area (Å²) in [6, 6.07) is 28.0. The van der Waals surface area contributed by atoms with E-state index >= 15 is 0 Å². The van der Waals surface area contributed by atoms with Crippen molar-refractivity contribution in [3.05, 3.63) is 115 Å². The Balaban J connectivity index is 1.32. The summed E-state index contributed by atoms with van der Waals surface area (Å²) in [6.45, 7) is 0. The third-order valence-corrected chi connectivity index (χ3v) is 5.03. The number of carbonyl (C=O) groups excluding carboxylic acids is 1. The first-order chi connectivity index (χ1) is 16.2. The molecule has 5 rings (SSSR count). The third kappa shape index (κ3) is 4.80. The van der Waals surface area contributed by atoms with Gasteiger partial charge in [-0.25, -0.2) is 0 Å². The van der Waals surface area contributed by atoms with Crippen LogP contribution >= 0.6 is 0 Å². The van der Waals surface area contributed by atoms with E-state index in [-0.39, 0.29) is 5.91 Å². The fraction of sp³-hybridized carbons (Fsp3) is 0. The lowest BCUT2D eigenvalue weighted by atomic mass is 10.1. The zero-order valence-corrected chi connectivity index (χ0v) is 17.6. The summed E-state index contributed by atoms with van der Waals surface area (Å²) >= 11 is 0. The molecule has 2 heterocycles. The van der Waals surface area contributed by atoms with Crippen LogP contribution in [0.15, 0.2) is 110 Å². The highest BCUT2D eigenvalue weighted by Gasteiger charge is 2.09. The van der Waals surface area contributed by atoms with Crippen LogP contribution in [0, 0.1) is 0 Å². The number of nitrogens with zero attached hydrogens (tertiary/aromatic N) is 2. The number of hydrogen-bond acceptors (Lipinski definition) is 5. The lowest BCUT2D eigenvalue weighted by molar-refractivity contribution is 0.102. The van der Waals surface area contributed by atoms with E-state index in [9.17, 15) is 4.79 Å². The zero-order chi connectivity index (χ0) is 22.5. The Morgan fingerprint density at radius 1 is 0.727 bits per heavy atom. The Kier molecular flexibility index (Phi) is 5.63. The van der Waals surface area contributed by atoms with Crippen molar-refractivity contribution in [3.8, 4) is 11.5 Å². The van der Waals surface area contributed by atoms with Crippen molar-refractivity contribution >= 4 is 33.9 Å². The monoisotopic (exact) mass is 432 g/mol. The van der Waals surface area contributed by atoms with Gasteiger partial charge in [0, 0.05) is 52.7 Å². The molecule has 0 unspecified atom stereocenters. The predicted molar refractivity (Wildman–Crippen MR) is 130 cm³/mol. The second-order valence-electron chi connectivity index (χ2n) is 7.35. The van der Waals surface area contributed by atoms with Crippen LogP contribution in [-0.4, -0.2) is 15.9 Å². The van der Waals surface area contributed by atoms with Gasteiger partial charge in [-0.1, -0.05) is 30.3 Å². The minimum absolute atomic E-state index is 0.209. The third-order valence-electron chi connectivity index (χ3n) is 5.03. The molecule has 0 radical (unpaired) electrons. The van der Waals surface area contributed by atoms with E-state index in [0.717, 1.165) is 22.3 Å². The molecule has 0 aliphatic carbocycles. The Hall–Kier alpha value is -4.71.